The molecule has 4 aromatic rings. The van der Waals surface area contributed by atoms with Gasteiger partial charge in [-0.05, 0) is 72.8 Å². The number of sulfone groups is 1. The number of carbonyl (C=O) groups excluding carboxylic acids is 1. The third-order valence-corrected chi connectivity index (χ3v) is 16.0. The van der Waals surface area contributed by atoms with E-state index < -0.39 is 36.7 Å². The highest BCUT2D eigenvalue weighted by molar-refractivity contribution is 9.10. The molecule has 3 aromatic heterocycles. The van der Waals surface area contributed by atoms with Crippen LogP contribution in [0.3, 0.4) is 0 Å². The molecule has 16 heteroatoms. The lowest BCUT2D eigenvalue weighted by Gasteiger charge is -2.37. The zero-order chi connectivity index (χ0) is 38.6. The average Bonchev–Trinajstić information content (AvgIpc) is 3.74. The van der Waals surface area contributed by atoms with Crippen LogP contribution in [0.4, 0.5) is 5.82 Å². The van der Waals surface area contributed by atoms with Crippen molar-refractivity contribution < 1.29 is 27.4 Å². The number of fused-ring (bicyclic) bond motifs is 1. The zero-order valence-corrected chi connectivity index (χ0v) is 36.8. The van der Waals surface area contributed by atoms with Gasteiger partial charge in [-0.2, -0.15) is 14.7 Å². The number of aromatic nitrogens is 5. The average molecular weight is 848 g/mol. The van der Waals surface area contributed by atoms with Crippen molar-refractivity contribution in [3.8, 4) is 16.8 Å². The Hall–Kier alpha value is -2.90. The first-order valence-electron chi connectivity index (χ1n) is 18.4. The van der Waals surface area contributed by atoms with Gasteiger partial charge in [0.15, 0.2) is 26.0 Å². The van der Waals surface area contributed by atoms with Gasteiger partial charge in [-0.15, -0.1) is 0 Å². The van der Waals surface area contributed by atoms with Gasteiger partial charge in [0.25, 0.3) is 0 Å². The van der Waals surface area contributed by atoms with Crippen LogP contribution >= 0.6 is 15.9 Å². The van der Waals surface area contributed by atoms with E-state index in [-0.39, 0.29) is 38.8 Å². The van der Waals surface area contributed by atoms with Crippen LogP contribution in [-0.4, -0.2) is 99.2 Å². The van der Waals surface area contributed by atoms with Crippen molar-refractivity contribution in [1.29, 1.82) is 0 Å². The number of ether oxygens (including phenoxy) is 3. The van der Waals surface area contributed by atoms with Gasteiger partial charge in [0, 0.05) is 58.9 Å². The molecule has 290 valence electrons. The highest BCUT2D eigenvalue weighted by Gasteiger charge is 2.52. The Morgan fingerprint density at radius 2 is 1.57 bits per heavy atom. The number of nitrogens with zero attached hydrogens (tertiary/aromatic N) is 6. The molecule has 1 saturated carbocycles. The Labute approximate surface area is 324 Å². The number of hydrogen-bond donors (Lipinski definition) is 0. The molecule has 53 heavy (non-hydrogen) atoms. The fraction of sp³-hybridized carbons (Fsp3) is 0.568. The SMILES string of the molecule is CCOC(=O)C1(S(C)(=O)=O)CCC(c2nc3c(-c4cnn(-c5ccccc5)c4)cnn3c(N(COCC[Si](C)(C)C)COCC[Si](C)(C)C)c2Br)CC1. The van der Waals surface area contributed by atoms with E-state index in [1.165, 1.54) is 0 Å². The van der Waals surface area contributed by atoms with Crippen molar-refractivity contribution in [3.05, 3.63) is 59.1 Å². The van der Waals surface area contributed by atoms with Crippen LogP contribution in [-0.2, 0) is 28.8 Å². The lowest BCUT2D eigenvalue weighted by Crippen LogP contribution is -2.49. The Kier molecular flexibility index (Phi) is 13.1. The number of para-hydroxylation sites is 1. The molecule has 0 saturated heterocycles. The van der Waals surface area contributed by atoms with Crippen molar-refractivity contribution in [1.82, 2.24) is 24.4 Å². The first kappa shape index (κ1) is 41.3. The standard InChI is InChI=1S/C37H55BrN6O6SSi2/c1-9-50-36(45)37(51(2,46)47)17-15-28(16-18-37)33-32(38)35(42(26-48-19-21-52(3,4)5)27-49-20-22-53(6,7)8)44-34(41-33)31(24-40-44)29-23-39-43(25-29)30-13-11-10-12-14-30/h10-14,23-25,28H,9,15-22,26-27H2,1-8H3. The van der Waals surface area contributed by atoms with E-state index in [1.807, 2.05) is 51.9 Å². The maximum Gasteiger partial charge on any atom is 0.327 e. The lowest BCUT2D eigenvalue weighted by atomic mass is 9.79. The number of esters is 1. The summed E-state index contributed by atoms with van der Waals surface area (Å²) in [7, 11) is -6.41. The molecule has 0 unspecified atom stereocenters. The predicted molar refractivity (Wildman–Crippen MR) is 219 cm³/mol. The monoisotopic (exact) mass is 846 g/mol. The second-order valence-electron chi connectivity index (χ2n) is 16.4. The number of anilines is 1. The predicted octanol–water partition coefficient (Wildman–Crippen LogP) is 7.78. The van der Waals surface area contributed by atoms with Gasteiger partial charge in [0.05, 0.1) is 34.9 Å². The van der Waals surface area contributed by atoms with Crippen molar-refractivity contribution in [3.63, 3.8) is 0 Å². The van der Waals surface area contributed by atoms with Gasteiger partial charge >= 0.3 is 5.97 Å². The summed E-state index contributed by atoms with van der Waals surface area (Å²) >= 11 is 3.95. The summed E-state index contributed by atoms with van der Waals surface area (Å²) in [4.78, 5) is 20.5. The first-order chi connectivity index (χ1) is 24.9. The fourth-order valence-electron chi connectivity index (χ4n) is 6.52. The maximum atomic E-state index is 13.2. The molecule has 0 spiro atoms. The largest absolute Gasteiger partial charge is 0.465 e. The Morgan fingerprint density at radius 3 is 2.11 bits per heavy atom. The van der Waals surface area contributed by atoms with Crippen LogP contribution in [0, 0.1) is 0 Å². The Morgan fingerprint density at radius 1 is 0.962 bits per heavy atom. The molecule has 0 atom stereocenters. The molecular formula is C37H55BrN6O6SSi2. The Balaban J connectivity index is 1.59. The molecule has 0 radical (unpaired) electrons. The first-order valence-corrected chi connectivity index (χ1v) is 28.5. The number of benzene rings is 1. The molecule has 1 aromatic carbocycles. The number of rotatable bonds is 17. The third kappa shape index (κ3) is 9.86. The van der Waals surface area contributed by atoms with E-state index in [1.54, 1.807) is 13.1 Å². The summed E-state index contributed by atoms with van der Waals surface area (Å²) in [5.41, 5.74) is 3.98. The fourth-order valence-corrected chi connectivity index (χ4v) is 10.2. The molecule has 1 fully saturated rings. The lowest BCUT2D eigenvalue weighted by molar-refractivity contribution is -0.147. The molecule has 12 nitrogen and oxygen atoms in total. The summed E-state index contributed by atoms with van der Waals surface area (Å²) in [5.74, 6) is -0.0810. The van der Waals surface area contributed by atoms with Gasteiger partial charge in [-0.1, -0.05) is 57.5 Å². The number of halogens is 1. The number of hydrogen-bond acceptors (Lipinski definition) is 10. The zero-order valence-electron chi connectivity index (χ0n) is 32.4. The van der Waals surface area contributed by atoms with Gasteiger partial charge in [0.1, 0.15) is 13.5 Å². The van der Waals surface area contributed by atoms with E-state index in [0.717, 1.165) is 51.1 Å². The van der Waals surface area contributed by atoms with Gasteiger partial charge in [-0.25, -0.2) is 18.1 Å². The van der Waals surface area contributed by atoms with Crippen LogP contribution in [0.15, 0.2) is 53.4 Å². The highest BCUT2D eigenvalue weighted by atomic mass is 79.9. The molecule has 0 amide bonds. The number of carbonyl (C=O) groups is 1. The van der Waals surface area contributed by atoms with Crippen molar-refractivity contribution in [2.75, 3.05) is 44.4 Å². The quantitative estimate of drug-likeness (QED) is 0.0450. The van der Waals surface area contributed by atoms with E-state index in [0.29, 0.717) is 31.7 Å². The molecule has 0 N–H and O–H groups in total. The minimum absolute atomic E-state index is 0.118. The summed E-state index contributed by atoms with van der Waals surface area (Å²) < 4.78 is 47.1. The molecule has 0 aliphatic heterocycles. The van der Waals surface area contributed by atoms with Crippen LogP contribution in [0.2, 0.25) is 51.4 Å². The third-order valence-electron chi connectivity index (χ3n) is 9.83. The van der Waals surface area contributed by atoms with E-state index in [9.17, 15) is 13.2 Å². The molecule has 1 aliphatic carbocycles. The van der Waals surface area contributed by atoms with Crippen molar-refractivity contribution in [2.24, 2.45) is 0 Å². The summed E-state index contributed by atoms with van der Waals surface area (Å²) in [6.45, 7) is 17.6. The molecule has 5 rings (SSSR count). The van der Waals surface area contributed by atoms with Crippen LogP contribution in [0.1, 0.15) is 44.2 Å². The van der Waals surface area contributed by atoms with Crippen molar-refractivity contribution >= 4 is 59.3 Å². The van der Waals surface area contributed by atoms with E-state index >= 15 is 0 Å². The maximum absolute atomic E-state index is 13.2. The summed E-state index contributed by atoms with van der Waals surface area (Å²) in [6, 6.07) is 12.0. The summed E-state index contributed by atoms with van der Waals surface area (Å²) in [5, 5.41) is 9.53. The highest BCUT2D eigenvalue weighted by Crippen LogP contribution is 2.46. The summed E-state index contributed by atoms with van der Waals surface area (Å²) in [6.07, 6.45) is 7.87. The smallest absolute Gasteiger partial charge is 0.327 e. The molecule has 0 bridgehead atoms. The minimum atomic E-state index is -3.75. The topological polar surface area (TPSA) is 130 Å². The van der Waals surface area contributed by atoms with Crippen LogP contribution in [0.5, 0.6) is 0 Å². The van der Waals surface area contributed by atoms with E-state index in [4.69, 9.17) is 24.3 Å². The second kappa shape index (κ2) is 16.9. The van der Waals surface area contributed by atoms with E-state index in [2.05, 4.69) is 65.2 Å². The second-order valence-corrected chi connectivity index (χ2v) is 30.8. The Bertz CT molecular complexity index is 1950. The van der Waals surface area contributed by atoms with Crippen molar-refractivity contribution in [2.45, 2.75) is 94.6 Å². The van der Waals surface area contributed by atoms with Crippen LogP contribution < -0.4 is 4.90 Å². The molecule has 1 aliphatic rings. The van der Waals surface area contributed by atoms with Crippen LogP contribution in [0.25, 0.3) is 22.5 Å². The molecular weight excluding hydrogens is 793 g/mol. The minimum Gasteiger partial charge on any atom is -0.465 e. The van der Waals surface area contributed by atoms with Gasteiger partial charge < -0.3 is 19.1 Å². The normalized spacial score (nSPS) is 18.4. The van der Waals surface area contributed by atoms with Gasteiger partial charge in [0.2, 0.25) is 0 Å². The molecule has 3 heterocycles. The van der Waals surface area contributed by atoms with Gasteiger partial charge in [-0.3, -0.25) is 4.79 Å².